The number of benzene rings is 1. The maximum absolute atomic E-state index is 11.9. The lowest BCUT2D eigenvalue weighted by atomic mass is 10.2. The van der Waals surface area contributed by atoms with Crippen LogP contribution in [0.1, 0.15) is 18.4 Å². The van der Waals surface area contributed by atoms with E-state index in [2.05, 4.69) is 5.32 Å². The van der Waals surface area contributed by atoms with Gasteiger partial charge in [0.15, 0.2) is 6.61 Å². The lowest BCUT2D eigenvalue weighted by molar-refractivity contribution is -0.129. The number of carbonyl (C=O) groups excluding carboxylic acids is 1. The first kappa shape index (κ1) is 14.4. The monoisotopic (exact) mass is 273 g/mol. The van der Waals surface area contributed by atoms with Gasteiger partial charge < -0.3 is 15.0 Å². The van der Waals surface area contributed by atoms with E-state index < -0.39 is 0 Å². The van der Waals surface area contributed by atoms with E-state index in [-0.39, 0.29) is 12.5 Å². The summed E-state index contributed by atoms with van der Waals surface area (Å²) >= 11 is 0. The minimum absolute atomic E-state index is 0.0315. The Balaban J connectivity index is 1.81. The molecule has 1 aliphatic heterocycles. The number of nitrogens with zero attached hydrogens (tertiary/aromatic N) is 2. The van der Waals surface area contributed by atoms with Crippen LogP contribution in [0.25, 0.3) is 0 Å². The first-order valence-electron chi connectivity index (χ1n) is 6.87. The van der Waals surface area contributed by atoms with Crippen LogP contribution in [0, 0.1) is 11.3 Å². The van der Waals surface area contributed by atoms with Crippen molar-refractivity contribution in [1.29, 1.82) is 5.26 Å². The van der Waals surface area contributed by atoms with Gasteiger partial charge in [-0.2, -0.15) is 5.26 Å². The van der Waals surface area contributed by atoms with Crippen LogP contribution in [-0.2, 0) is 11.3 Å². The SMILES string of the molecule is N#CCOc1ccccc1CNCC(=O)N1CCCC1. The van der Waals surface area contributed by atoms with Gasteiger partial charge in [-0.05, 0) is 18.9 Å². The molecule has 5 heteroatoms. The lowest BCUT2D eigenvalue weighted by Gasteiger charge is -2.16. The third kappa shape index (κ3) is 3.97. The standard InChI is InChI=1S/C15H19N3O2/c16-7-10-20-14-6-2-1-5-13(14)11-17-12-15(19)18-8-3-4-9-18/h1-2,5-6,17H,3-4,8-12H2. The Hall–Kier alpha value is -2.06. The molecule has 1 aliphatic rings. The Labute approximate surface area is 119 Å². The highest BCUT2D eigenvalue weighted by Gasteiger charge is 2.17. The van der Waals surface area contributed by atoms with Crippen LogP contribution in [0.4, 0.5) is 0 Å². The number of para-hydroxylation sites is 1. The zero-order chi connectivity index (χ0) is 14.2. The number of ether oxygens (including phenoxy) is 1. The fourth-order valence-electron chi connectivity index (χ4n) is 2.28. The molecule has 1 amide bonds. The van der Waals surface area contributed by atoms with Crippen molar-refractivity contribution in [3.8, 4) is 11.8 Å². The van der Waals surface area contributed by atoms with Gasteiger partial charge in [-0.3, -0.25) is 4.79 Å². The predicted octanol–water partition coefficient (Wildman–Crippen LogP) is 1.30. The highest BCUT2D eigenvalue weighted by atomic mass is 16.5. The molecule has 0 saturated carbocycles. The third-order valence-electron chi connectivity index (χ3n) is 3.32. The van der Waals surface area contributed by atoms with Gasteiger partial charge in [-0.1, -0.05) is 18.2 Å². The van der Waals surface area contributed by atoms with Crippen LogP contribution in [-0.4, -0.2) is 37.0 Å². The third-order valence-corrected chi connectivity index (χ3v) is 3.32. The van der Waals surface area contributed by atoms with Gasteiger partial charge >= 0.3 is 0 Å². The number of nitrogens with one attached hydrogen (secondary N) is 1. The van der Waals surface area contributed by atoms with E-state index in [1.165, 1.54) is 0 Å². The Morgan fingerprint density at radius 3 is 2.85 bits per heavy atom. The summed E-state index contributed by atoms with van der Waals surface area (Å²) in [5.41, 5.74) is 0.956. The number of rotatable bonds is 6. The van der Waals surface area contributed by atoms with E-state index in [1.54, 1.807) is 0 Å². The van der Waals surface area contributed by atoms with Crippen molar-refractivity contribution in [2.24, 2.45) is 0 Å². The summed E-state index contributed by atoms with van der Waals surface area (Å²) in [5, 5.41) is 11.7. The summed E-state index contributed by atoms with van der Waals surface area (Å²) in [4.78, 5) is 13.8. The summed E-state index contributed by atoms with van der Waals surface area (Å²) in [6.45, 7) is 2.68. The van der Waals surface area contributed by atoms with Crippen LogP contribution in [0.3, 0.4) is 0 Å². The Morgan fingerprint density at radius 2 is 2.10 bits per heavy atom. The Bertz CT molecular complexity index is 490. The van der Waals surface area contributed by atoms with Crippen molar-refractivity contribution in [1.82, 2.24) is 10.2 Å². The molecule has 0 aliphatic carbocycles. The smallest absolute Gasteiger partial charge is 0.236 e. The van der Waals surface area contributed by atoms with Gasteiger partial charge in [0.25, 0.3) is 0 Å². The molecular formula is C15H19N3O2. The van der Waals surface area contributed by atoms with Crippen molar-refractivity contribution >= 4 is 5.91 Å². The average molecular weight is 273 g/mol. The number of hydrogen-bond donors (Lipinski definition) is 1. The van der Waals surface area contributed by atoms with Crippen molar-refractivity contribution in [2.45, 2.75) is 19.4 Å². The summed E-state index contributed by atoms with van der Waals surface area (Å²) in [6.07, 6.45) is 2.22. The number of carbonyl (C=O) groups is 1. The molecule has 1 heterocycles. The Kier molecular flexibility index (Phi) is 5.39. The van der Waals surface area contributed by atoms with Gasteiger partial charge in [-0.15, -0.1) is 0 Å². The molecular weight excluding hydrogens is 254 g/mol. The molecule has 0 spiro atoms. The van der Waals surface area contributed by atoms with E-state index in [0.717, 1.165) is 31.5 Å². The molecule has 5 nitrogen and oxygen atoms in total. The van der Waals surface area contributed by atoms with Gasteiger partial charge in [0, 0.05) is 25.2 Å². The maximum Gasteiger partial charge on any atom is 0.236 e. The molecule has 106 valence electrons. The van der Waals surface area contributed by atoms with E-state index in [0.29, 0.717) is 18.8 Å². The quantitative estimate of drug-likeness (QED) is 0.848. The van der Waals surface area contributed by atoms with Gasteiger partial charge in [-0.25, -0.2) is 0 Å². The zero-order valence-electron chi connectivity index (χ0n) is 11.5. The minimum Gasteiger partial charge on any atom is -0.478 e. The van der Waals surface area contributed by atoms with E-state index in [1.807, 2.05) is 35.2 Å². The van der Waals surface area contributed by atoms with Crippen molar-refractivity contribution in [3.05, 3.63) is 29.8 Å². The largest absolute Gasteiger partial charge is 0.478 e. The molecule has 1 fully saturated rings. The molecule has 0 aromatic heterocycles. The van der Waals surface area contributed by atoms with Gasteiger partial charge in [0.05, 0.1) is 6.54 Å². The van der Waals surface area contributed by atoms with Gasteiger partial charge in [0.1, 0.15) is 11.8 Å². The summed E-state index contributed by atoms with van der Waals surface area (Å²) < 4.78 is 5.35. The number of hydrogen-bond acceptors (Lipinski definition) is 4. The van der Waals surface area contributed by atoms with Gasteiger partial charge in [0.2, 0.25) is 5.91 Å². The molecule has 0 radical (unpaired) electrons. The normalized spacial score (nSPS) is 14.1. The van der Waals surface area contributed by atoms with Crippen molar-refractivity contribution in [2.75, 3.05) is 26.2 Å². The number of likely N-dealkylation sites (tertiary alicyclic amines) is 1. The van der Waals surface area contributed by atoms with E-state index >= 15 is 0 Å². The Morgan fingerprint density at radius 1 is 1.35 bits per heavy atom. The highest BCUT2D eigenvalue weighted by Crippen LogP contribution is 2.17. The first-order valence-corrected chi connectivity index (χ1v) is 6.87. The average Bonchev–Trinajstić information content (AvgIpc) is 3.00. The van der Waals surface area contributed by atoms with Crippen molar-refractivity contribution < 1.29 is 9.53 Å². The second kappa shape index (κ2) is 7.51. The molecule has 1 saturated heterocycles. The molecule has 0 bridgehead atoms. The maximum atomic E-state index is 11.9. The molecule has 0 unspecified atom stereocenters. The van der Waals surface area contributed by atoms with Crippen LogP contribution in [0.15, 0.2) is 24.3 Å². The van der Waals surface area contributed by atoms with Crippen LogP contribution >= 0.6 is 0 Å². The van der Waals surface area contributed by atoms with Crippen molar-refractivity contribution in [3.63, 3.8) is 0 Å². The first-order chi connectivity index (χ1) is 9.81. The summed E-state index contributed by atoms with van der Waals surface area (Å²) in [5.74, 6) is 0.841. The summed E-state index contributed by atoms with van der Waals surface area (Å²) in [6, 6.07) is 9.49. The minimum atomic E-state index is 0.0315. The molecule has 1 N–H and O–H groups in total. The molecule has 1 aromatic carbocycles. The number of nitriles is 1. The lowest BCUT2D eigenvalue weighted by Crippen LogP contribution is -2.36. The van der Waals surface area contributed by atoms with Crippen LogP contribution in [0.5, 0.6) is 5.75 Å². The second-order valence-electron chi connectivity index (χ2n) is 4.75. The topological polar surface area (TPSA) is 65.4 Å². The van der Waals surface area contributed by atoms with E-state index in [9.17, 15) is 4.79 Å². The molecule has 1 aromatic rings. The van der Waals surface area contributed by atoms with Crippen LogP contribution in [0.2, 0.25) is 0 Å². The fraction of sp³-hybridized carbons (Fsp3) is 0.467. The predicted molar refractivity (Wildman–Crippen MR) is 75.1 cm³/mol. The highest BCUT2D eigenvalue weighted by molar-refractivity contribution is 5.78. The molecule has 0 atom stereocenters. The molecule has 2 rings (SSSR count). The summed E-state index contributed by atoms with van der Waals surface area (Å²) in [7, 11) is 0. The zero-order valence-corrected chi connectivity index (χ0v) is 11.5. The van der Waals surface area contributed by atoms with E-state index in [4.69, 9.17) is 10.00 Å². The van der Waals surface area contributed by atoms with Crippen LogP contribution < -0.4 is 10.1 Å². The molecule has 20 heavy (non-hydrogen) atoms. The number of amides is 1. The second-order valence-corrected chi connectivity index (χ2v) is 4.75. The fourth-order valence-corrected chi connectivity index (χ4v) is 2.28.